The van der Waals surface area contributed by atoms with Gasteiger partial charge in [-0.1, -0.05) is 29.5 Å². The van der Waals surface area contributed by atoms with E-state index in [4.69, 9.17) is 13.7 Å². The van der Waals surface area contributed by atoms with Crippen LogP contribution in [0.15, 0.2) is 0 Å². The molecule has 0 saturated carbocycles. The van der Waals surface area contributed by atoms with Crippen LogP contribution in [-0.2, 0) is 33.4 Å². The number of esters is 2. The average Bonchev–Trinajstić information content (AvgIpc) is 3.08. The zero-order valence-electron chi connectivity index (χ0n) is 11.6. The van der Waals surface area contributed by atoms with Gasteiger partial charge in [-0.2, -0.15) is 8.42 Å². The minimum Gasteiger partial charge on any atom is -0.456 e. The normalized spacial score (nSPS) is 38.7. The quantitative estimate of drug-likeness (QED) is 0.254. The zero-order valence-corrected chi connectivity index (χ0v) is 15.4. The lowest BCUT2D eigenvalue weighted by atomic mass is 9.94. The van der Waals surface area contributed by atoms with Gasteiger partial charge in [-0.15, -0.1) is 11.8 Å². The molecule has 3 aliphatic rings. The third kappa shape index (κ3) is 2.86. The zero-order chi connectivity index (χ0) is 16.1. The smallest absolute Gasteiger partial charge is 0.344 e. The molecule has 3 rings (SSSR count). The first-order valence-corrected chi connectivity index (χ1v) is 10.6. The highest BCUT2D eigenvalue weighted by Gasteiger charge is 2.66. The van der Waals surface area contributed by atoms with Crippen LogP contribution in [0.2, 0.25) is 0 Å². The molecule has 0 radical (unpaired) electrons. The first kappa shape index (κ1) is 16.8. The second kappa shape index (κ2) is 6.10. The van der Waals surface area contributed by atoms with E-state index in [1.165, 1.54) is 11.8 Å². The summed E-state index contributed by atoms with van der Waals surface area (Å²) in [6, 6.07) is 0. The first-order valence-electron chi connectivity index (χ1n) is 6.91. The third-order valence-corrected chi connectivity index (χ3v) is 9.01. The molecule has 6 atom stereocenters. The molecule has 3 fully saturated rings. The molecule has 10 heteroatoms. The molecule has 0 spiro atoms. The molecule has 7 nitrogen and oxygen atoms in total. The Balaban J connectivity index is 1.55. The summed E-state index contributed by atoms with van der Waals surface area (Å²) in [5, 5.41) is -0.705. The summed E-state index contributed by atoms with van der Waals surface area (Å²) in [7, 11) is -3.54. The number of thioether (sulfide) groups is 1. The number of hydrogen-bond donors (Lipinski definition) is 0. The maximum absolute atomic E-state index is 11.8. The molecule has 0 aliphatic carbocycles. The van der Waals surface area contributed by atoms with Crippen molar-refractivity contribution in [1.29, 1.82) is 0 Å². The highest BCUT2D eigenvalue weighted by molar-refractivity contribution is 14.1. The summed E-state index contributed by atoms with van der Waals surface area (Å²) >= 11 is 3.45. The van der Waals surface area contributed by atoms with E-state index < -0.39 is 46.1 Å². The van der Waals surface area contributed by atoms with Crippen molar-refractivity contribution in [3.63, 3.8) is 0 Å². The van der Waals surface area contributed by atoms with Crippen LogP contribution in [-0.4, -0.2) is 58.8 Å². The van der Waals surface area contributed by atoms with E-state index in [1.807, 2.05) is 29.5 Å². The summed E-state index contributed by atoms with van der Waals surface area (Å²) < 4.78 is 38.5. The van der Waals surface area contributed by atoms with Crippen LogP contribution in [0, 0.1) is 0 Å². The lowest BCUT2D eigenvalue weighted by Crippen LogP contribution is -2.42. The predicted octanol–water partition coefficient (Wildman–Crippen LogP) is 0.640. The summed E-state index contributed by atoms with van der Waals surface area (Å²) in [5.41, 5.74) is 0. The molecule has 0 N–H and O–H groups in total. The van der Waals surface area contributed by atoms with Crippen molar-refractivity contribution in [2.45, 2.75) is 51.6 Å². The van der Waals surface area contributed by atoms with Gasteiger partial charge >= 0.3 is 11.9 Å². The molecule has 0 aromatic carbocycles. The van der Waals surface area contributed by atoms with Crippen LogP contribution >= 0.6 is 34.4 Å². The molecule has 3 aliphatic heterocycles. The molecule has 0 aromatic rings. The highest BCUT2D eigenvalue weighted by atomic mass is 127. The average molecular weight is 462 g/mol. The molecule has 22 heavy (non-hydrogen) atoms. The van der Waals surface area contributed by atoms with Crippen LogP contribution in [0.5, 0.6) is 0 Å². The summed E-state index contributed by atoms with van der Waals surface area (Å²) in [6.07, 6.45) is -0.132. The van der Waals surface area contributed by atoms with E-state index in [-0.39, 0.29) is 14.4 Å². The molecule has 2 bridgehead atoms. The maximum Gasteiger partial charge on any atom is 0.344 e. The number of fused-ring (bicyclic) bond motifs is 1. The molecule has 0 amide bonds. The van der Waals surface area contributed by atoms with Crippen LogP contribution in [0.25, 0.3) is 0 Å². The minimum absolute atomic E-state index is 0.0649. The Morgan fingerprint density at radius 3 is 2.86 bits per heavy atom. The Labute approximate surface area is 146 Å². The van der Waals surface area contributed by atoms with Gasteiger partial charge < -0.3 is 9.47 Å². The van der Waals surface area contributed by atoms with Crippen molar-refractivity contribution >= 4 is 56.4 Å². The van der Waals surface area contributed by atoms with Gasteiger partial charge in [0.2, 0.25) is 0 Å². The van der Waals surface area contributed by atoms with Gasteiger partial charge in [0.05, 0.1) is 5.25 Å². The second-order valence-corrected chi connectivity index (χ2v) is 10.1. The number of hydrogen-bond acceptors (Lipinski definition) is 8. The fourth-order valence-corrected chi connectivity index (χ4v) is 7.26. The predicted molar refractivity (Wildman–Crippen MR) is 86.3 cm³/mol. The van der Waals surface area contributed by atoms with Gasteiger partial charge in [-0.25, -0.2) is 4.79 Å². The molecule has 3 saturated heterocycles. The Bertz CT molecular complexity index is 592. The number of alkyl halides is 1. The highest BCUT2D eigenvalue weighted by Crippen LogP contribution is 2.55. The SMILES string of the molecule is CCC(I)C(=O)OCC(=O)OC1C2OS(=O)(=O)C3C[C@@H]1SC23. The van der Waals surface area contributed by atoms with Crippen molar-refractivity contribution in [2.24, 2.45) is 0 Å². The lowest BCUT2D eigenvalue weighted by molar-refractivity contribution is -0.164. The van der Waals surface area contributed by atoms with E-state index in [0.717, 1.165) is 0 Å². The van der Waals surface area contributed by atoms with Gasteiger partial charge in [0.1, 0.15) is 21.4 Å². The minimum atomic E-state index is -3.54. The molecule has 3 heterocycles. The van der Waals surface area contributed by atoms with Gasteiger partial charge in [-0.05, 0) is 12.8 Å². The molecular weight excluding hydrogens is 447 g/mol. The van der Waals surface area contributed by atoms with Crippen molar-refractivity contribution in [3.8, 4) is 0 Å². The third-order valence-electron chi connectivity index (χ3n) is 4.01. The number of carbonyl (C=O) groups is 2. The van der Waals surface area contributed by atoms with Crippen LogP contribution < -0.4 is 0 Å². The number of halogens is 1. The fraction of sp³-hybridized carbons (Fsp3) is 0.833. The van der Waals surface area contributed by atoms with Crippen molar-refractivity contribution < 1.29 is 31.7 Å². The van der Waals surface area contributed by atoms with Gasteiger partial charge in [0.25, 0.3) is 10.1 Å². The molecule has 0 aromatic heterocycles. The van der Waals surface area contributed by atoms with Crippen molar-refractivity contribution in [1.82, 2.24) is 0 Å². The van der Waals surface area contributed by atoms with E-state index in [0.29, 0.717) is 12.8 Å². The van der Waals surface area contributed by atoms with Gasteiger partial charge in [0, 0.05) is 5.25 Å². The Kier molecular flexibility index (Phi) is 4.65. The Morgan fingerprint density at radius 1 is 1.45 bits per heavy atom. The number of ether oxygens (including phenoxy) is 2. The van der Waals surface area contributed by atoms with Crippen LogP contribution in [0.3, 0.4) is 0 Å². The van der Waals surface area contributed by atoms with E-state index in [2.05, 4.69) is 0 Å². The van der Waals surface area contributed by atoms with E-state index >= 15 is 0 Å². The number of rotatable bonds is 5. The van der Waals surface area contributed by atoms with E-state index in [9.17, 15) is 18.0 Å². The Hall–Kier alpha value is -0.0700. The topological polar surface area (TPSA) is 96.0 Å². The second-order valence-electron chi connectivity index (χ2n) is 5.40. The van der Waals surface area contributed by atoms with Crippen molar-refractivity contribution in [3.05, 3.63) is 0 Å². The molecule has 5 unspecified atom stereocenters. The lowest BCUT2D eigenvalue weighted by Gasteiger charge is -2.23. The summed E-state index contributed by atoms with van der Waals surface area (Å²) in [6.45, 7) is 1.39. The fourth-order valence-electron chi connectivity index (χ4n) is 2.94. The molecular formula is C12H15IO7S2. The van der Waals surface area contributed by atoms with Gasteiger partial charge in [0.15, 0.2) is 6.61 Å². The summed E-state index contributed by atoms with van der Waals surface area (Å²) in [5.74, 6) is -1.13. The Morgan fingerprint density at radius 2 is 2.18 bits per heavy atom. The standard InChI is InChI=1S/C12H15IO7S2/c1-2-5(13)12(15)18-4-8(14)19-9-6-3-7-11(21-6)10(9)20-22(7,16)17/h5-7,9-11H,2-4H2,1H3/t5?,6-,7?,9?,10?,11?/m0/s1. The van der Waals surface area contributed by atoms with Crippen molar-refractivity contribution in [2.75, 3.05) is 6.61 Å². The van der Waals surface area contributed by atoms with Crippen LogP contribution in [0.4, 0.5) is 0 Å². The number of carbonyl (C=O) groups excluding carboxylic acids is 2. The monoisotopic (exact) mass is 462 g/mol. The van der Waals surface area contributed by atoms with Crippen LogP contribution in [0.1, 0.15) is 19.8 Å². The van der Waals surface area contributed by atoms with Gasteiger partial charge in [-0.3, -0.25) is 8.98 Å². The van der Waals surface area contributed by atoms with E-state index in [1.54, 1.807) is 0 Å². The first-order chi connectivity index (χ1) is 10.3. The molecule has 124 valence electrons. The maximum atomic E-state index is 11.8. The summed E-state index contributed by atoms with van der Waals surface area (Å²) in [4.78, 5) is 23.3. The largest absolute Gasteiger partial charge is 0.456 e.